The van der Waals surface area contributed by atoms with Gasteiger partial charge in [0.25, 0.3) is 0 Å². The summed E-state index contributed by atoms with van der Waals surface area (Å²) in [6.45, 7) is 13.7. The Morgan fingerprint density at radius 1 is 1.08 bits per heavy atom. The maximum atomic E-state index is 14.3. The number of methoxy groups -OCH3 is 1. The molecule has 0 saturated heterocycles. The van der Waals surface area contributed by atoms with Crippen LogP contribution in [0.5, 0.6) is 0 Å². The molecule has 4 rings (SSSR count). The number of ether oxygens (including phenoxy) is 1. The normalized spacial score (nSPS) is 44.9. The molecule has 0 spiro atoms. The summed E-state index contributed by atoms with van der Waals surface area (Å²) in [4.78, 5) is 55.2. The molecule has 0 amide bonds. The molecule has 0 radical (unpaired) electrons. The average molecular weight is 561 g/mol. The number of carbonyl (C=O) groups is 4. The molecule has 0 aromatic heterocycles. The molecule has 8 atom stereocenters. The van der Waals surface area contributed by atoms with Crippen molar-refractivity contribution < 1.29 is 29.0 Å². The number of esters is 1. The van der Waals surface area contributed by atoms with Crippen LogP contribution in [-0.2, 0) is 23.9 Å². The van der Waals surface area contributed by atoms with E-state index in [0.29, 0.717) is 31.3 Å². The lowest BCUT2D eigenvalue weighted by molar-refractivity contribution is -0.181. The van der Waals surface area contributed by atoms with Crippen molar-refractivity contribution in [1.29, 1.82) is 0 Å². The molecule has 3 saturated carbocycles. The molecule has 0 bridgehead atoms. The van der Waals surface area contributed by atoms with Gasteiger partial charge >= 0.3 is 5.97 Å². The van der Waals surface area contributed by atoms with Gasteiger partial charge in [-0.1, -0.05) is 52.6 Å². The fourth-order valence-electron chi connectivity index (χ4n) is 9.50. The van der Waals surface area contributed by atoms with Gasteiger partial charge < -0.3 is 9.84 Å². The van der Waals surface area contributed by atoms with Gasteiger partial charge in [0.15, 0.2) is 17.3 Å². The fourth-order valence-corrected chi connectivity index (χ4v) is 9.70. The second kappa shape index (κ2) is 9.65. The van der Waals surface area contributed by atoms with Gasteiger partial charge in [-0.25, -0.2) is 0 Å². The number of aliphatic hydroxyl groups excluding tert-OH is 1. The number of hydrogen-bond donors (Lipinski definition) is 1. The van der Waals surface area contributed by atoms with Crippen LogP contribution in [0.3, 0.4) is 0 Å². The van der Waals surface area contributed by atoms with Crippen molar-refractivity contribution in [2.75, 3.05) is 13.7 Å². The van der Waals surface area contributed by atoms with Gasteiger partial charge in [-0.15, -0.1) is 0 Å². The van der Waals surface area contributed by atoms with Gasteiger partial charge in [-0.2, -0.15) is 0 Å². The van der Waals surface area contributed by atoms with Gasteiger partial charge in [0, 0.05) is 11.5 Å². The number of carbonyl (C=O) groups excluding carboxylic acids is 4. The van der Waals surface area contributed by atoms with E-state index in [1.807, 2.05) is 13.8 Å². The van der Waals surface area contributed by atoms with E-state index in [9.17, 15) is 24.3 Å². The molecule has 4 aliphatic carbocycles. The summed E-state index contributed by atoms with van der Waals surface area (Å²) in [7, 11) is 1.44. The molecule has 39 heavy (non-hydrogen) atoms. The lowest BCUT2D eigenvalue weighted by Gasteiger charge is -2.62. The summed E-state index contributed by atoms with van der Waals surface area (Å²) in [5, 5.41) is 10.5. The van der Waals surface area contributed by atoms with Crippen LogP contribution in [0.4, 0.5) is 0 Å². The zero-order valence-electron chi connectivity index (χ0n) is 24.8. The highest BCUT2D eigenvalue weighted by molar-refractivity contribution is 6.36. The molecule has 4 aliphatic rings. The minimum atomic E-state index is -1.21. The Balaban J connectivity index is 1.91. The monoisotopic (exact) mass is 560 g/mol. The number of halogens is 1. The molecule has 8 unspecified atom stereocenters. The molecule has 0 aliphatic heterocycles. The highest BCUT2D eigenvalue weighted by atomic mass is 35.5. The predicted molar refractivity (Wildman–Crippen MR) is 150 cm³/mol. The zero-order chi connectivity index (χ0) is 29.3. The minimum Gasteiger partial charge on any atom is -0.469 e. The van der Waals surface area contributed by atoms with Crippen LogP contribution in [0.25, 0.3) is 0 Å². The molecule has 0 aromatic rings. The largest absolute Gasteiger partial charge is 0.469 e. The Morgan fingerprint density at radius 3 is 2.23 bits per heavy atom. The Labute approximate surface area is 238 Å². The van der Waals surface area contributed by atoms with Crippen molar-refractivity contribution in [2.24, 2.45) is 50.7 Å². The average Bonchev–Trinajstić information content (AvgIpc) is 2.89. The van der Waals surface area contributed by atoms with Crippen LogP contribution in [0.1, 0.15) is 87.0 Å². The summed E-state index contributed by atoms with van der Waals surface area (Å²) < 4.78 is 5.35. The maximum absolute atomic E-state index is 14.3. The second-order valence-electron chi connectivity index (χ2n) is 14.2. The molecular formula is C32H45ClO6. The lowest BCUT2D eigenvalue weighted by Crippen LogP contribution is -2.63. The van der Waals surface area contributed by atoms with Crippen molar-refractivity contribution in [2.45, 2.75) is 87.0 Å². The number of ketones is 3. The van der Waals surface area contributed by atoms with Crippen molar-refractivity contribution >= 4 is 34.9 Å². The van der Waals surface area contributed by atoms with Crippen molar-refractivity contribution in [3.8, 4) is 0 Å². The summed E-state index contributed by atoms with van der Waals surface area (Å²) in [5.41, 5.74) is -1.93. The Kier molecular flexibility index (Phi) is 7.47. The smallest absolute Gasteiger partial charge is 0.312 e. The number of rotatable bonds is 4. The minimum absolute atomic E-state index is 0.00405. The van der Waals surface area contributed by atoms with Crippen LogP contribution in [0.15, 0.2) is 22.8 Å². The summed E-state index contributed by atoms with van der Waals surface area (Å²) >= 11 is 6.06. The van der Waals surface area contributed by atoms with Crippen LogP contribution in [0, 0.1) is 50.7 Å². The number of fused-ring (bicyclic) bond motifs is 3. The molecule has 7 heteroatoms. The van der Waals surface area contributed by atoms with Gasteiger partial charge in [0.1, 0.15) is 0 Å². The molecule has 0 heterocycles. The second-order valence-corrected chi connectivity index (χ2v) is 14.5. The van der Waals surface area contributed by atoms with E-state index in [1.54, 1.807) is 13.0 Å². The van der Waals surface area contributed by atoms with E-state index >= 15 is 0 Å². The van der Waals surface area contributed by atoms with Gasteiger partial charge in [-0.3, -0.25) is 19.2 Å². The van der Waals surface area contributed by atoms with Crippen molar-refractivity contribution in [3.63, 3.8) is 0 Å². The molecule has 0 aromatic carbocycles. The zero-order valence-corrected chi connectivity index (χ0v) is 25.5. The third-order valence-corrected chi connectivity index (χ3v) is 12.2. The quantitative estimate of drug-likeness (QED) is 0.263. The standard InChI is InChI=1S/C32H45ClO6/c1-9-23-30(6,17-34)25(36)19(16-33)26(37)31(23,7)20-14-22(35)24-21-15-28(3,4)10-12-32(21,27(38)39-8)13-11-29(24,5)18(20)2/h14,16,18,21,23-24,34H,9-13,15,17H2,1-8H3. The summed E-state index contributed by atoms with van der Waals surface area (Å²) in [6, 6.07) is 0. The Hall–Kier alpha value is -1.79. The first-order valence-electron chi connectivity index (χ1n) is 14.4. The van der Waals surface area contributed by atoms with Gasteiger partial charge in [-0.05, 0) is 86.2 Å². The van der Waals surface area contributed by atoms with Crippen LogP contribution in [-0.4, -0.2) is 42.1 Å². The first kappa shape index (κ1) is 30.2. The summed E-state index contributed by atoms with van der Waals surface area (Å²) in [5.74, 6) is -2.30. The van der Waals surface area contributed by atoms with E-state index in [1.165, 1.54) is 7.11 Å². The van der Waals surface area contributed by atoms with Crippen LogP contribution in [0.2, 0.25) is 0 Å². The van der Waals surface area contributed by atoms with E-state index in [-0.39, 0.29) is 46.3 Å². The number of allylic oxidation sites excluding steroid dienone is 3. The van der Waals surface area contributed by atoms with Crippen LogP contribution < -0.4 is 0 Å². The fraction of sp³-hybridized carbons (Fsp3) is 0.750. The third-order valence-electron chi connectivity index (χ3n) is 12.0. The molecule has 6 nitrogen and oxygen atoms in total. The number of Topliss-reactive ketones (excluding diaryl/α,β-unsaturated/α-hetero) is 2. The first-order valence-corrected chi connectivity index (χ1v) is 14.8. The molecular weight excluding hydrogens is 516 g/mol. The maximum Gasteiger partial charge on any atom is 0.312 e. The number of aliphatic hydroxyl groups is 1. The van der Waals surface area contributed by atoms with Gasteiger partial charge in [0.05, 0.1) is 35.5 Å². The highest BCUT2D eigenvalue weighted by Gasteiger charge is 2.68. The van der Waals surface area contributed by atoms with Crippen molar-refractivity contribution in [1.82, 2.24) is 0 Å². The molecule has 216 valence electrons. The Morgan fingerprint density at radius 2 is 1.69 bits per heavy atom. The summed E-state index contributed by atoms with van der Waals surface area (Å²) in [6.07, 6.45) is 5.79. The van der Waals surface area contributed by atoms with E-state index in [4.69, 9.17) is 16.3 Å². The lowest BCUT2D eigenvalue weighted by atomic mass is 9.40. The Bertz CT molecular complexity index is 1170. The van der Waals surface area contributed by atoms with E-state index in [2.05, 4.69) is 27.7 Å². The highest BCUT2D eigenvalue weighted by Crippen LogP contribution is 2.68. The van der Waals surface area contributed by atoms with Gasteiger partial charge in [0.2, 0.25) is 0 Å². The van der Waals surface area contributed by atoms with E-state index < -0.39 is 40.0 Å². The molecule has 1 N–H and O–H groups in total. The van der Waals surface area contributed by atoms with Crippen LogP contribution >= 0.6 is 11.6 Å². The predicted octanol–water partition coefficient (Wildman–Crippen LogP) is 5.84. The topological polar surface area (TPSA) is 97.7 Å². The first-order chi connectivity index (χ1) is 18.1. The SMILES string of the molecule is CCC1C(C)(CO)C(=O)C(=CCl)C(=O)C1(C)C1=CC(=O)C2C3CC(C)(C)CCC3(C(=O)OC)CCC2(C)C1C. The molecule has 3 fully saturated rings. The number of hydrogen-bond acceptors (Lipinski definition) is 6. The third kappa shape index (κ3) is 3.90. The van der Waals surface area contributed by atoms with Crippen molar-refractivity contribution in [3.05, 3.63) is 22.8 Å². The van der Waals surface area contributed by atoms with E-state index in [0.717, 1.165) is 18.4 Å².